The summed E-state index contributed by atoms with van der Waals surface area (Å²) in [6.07, 6.45) is 1.11. The number of nitrogens with one attached hydrogen (secondary N) is 1. The fourth-order valence-electron chi connectivity index (χ4n) is 2.86. The lowest BCUT2D eigenvalue weighted by molar-refractivity contribution is 0.442. The number of aromatic nitrogens is 3. The number of nitrogens with zero attached hydrogens (tertiary/aromatic N) is 3. The van der Waals surface area contributed by atoms with Crippen LogP contribution in [0.1, 0.15) is 36.6 Å². The molecular formula is C15H19BrN4S. The number of aryl methyl sites for hydroxylation is 1. The molecule has 2 aromatic rings. The average molecular weight is 367 g/mol. The number of benzene rings is 1. The Morgan fingerprint density at radius 3 is 3.00 bits per heavy atom. The van der Waals surface area contributed by atoms with Crippen molar-refractivity contribution in [1.82, 2.24) is 20.3 Å². The summed E-state index contributed by atoms with van der Waals surface area (Å²) in [5.41, 5.74) is 2.56. The zero-order chi connectivity index (χ0) is 14.8. The number of thioether (sulfide) groups is 1. The predicted molar refractivity (Wildman–Crippen MR) is 89.6 cm³/mol. The van der Waals surface area contributed by atoms with Crippen LogP contribution >= 0.6 is 27.7 Å². The molecule has 0 aliphatic carbocycles. The van der Waals surface area contributed by atoms with Gasteiger partial charge in [-0.25, -0.2) is 4.68 Å². The summed E-state index contributed by atoms with van der Waals surface area (Å²) in [6.45, 7) is 3.18. The van der Waals surface area contributed by atoms with E-state index in [0.717, 1.165) is 29.0 Å². The van der Waals surface area contributed by atoms with Crippen LogP contribution < -0.4 is 5.32 Å². The van der Waals surface area contributed by atoms with Crippen LogP contribution in [0.15, 0.2) is 33.8 Å². The van der Waals surface area contributed by atoms with Crippen molar-refractivity contribution >= 4 is 27.7 Å². The van der Waals surface area contributed by atoms with Crippen LogP contribution in [0.2, 0.25) is 0 Å². The molecule has 2 heterocycles. The molecule has 6 heteroatoms. The summed E-state index contributed by atoms with van der Waals surface area (Å²) < 4.78 is 2.72. The van der Waals surface area contributed by atoms with Gasteiger partial charge in [-0.1, -0.05) is 30.3 Å². The third-order valence-corrected chi connectivity index (χ3v) is 5.65. The Morgan fingerprint density at radius 2 is 2.29 bits per heavy atom. The average Bonchev–Trinajstić information content (AvgIpc) is 3.06. The Labute approximate surface area is 137 Å². The molecule has 2 unspecified atom stereocenters. The maximum absolute atomic E-state index is 4.16. The second kappa shape index (κ2) is 6.50. The minimum Gasteiger partial charge on any atom is -0.308 e. The molecule has 4 nitrogen and oxygen atoms in total. The lowest BCUT2D eigenvalue weighted by atomic mass is 9.91. The zero-order valence-electron chi connectivity index (χ0n) is 12.2. The summed E-state index contributed by atoms with van der Waals surface area (Å²) in [5.74, 6) is 1.55. The van der Waals surface area contributed by atoms with Gasteiger partial charge < -0.3 is 5.32 Å². The Morgan fingerprint density at radius 1 is 1.48 bits per heavy atom. The van der Waals surface area contributed by atoms with Gasteiger partial charge in [0, 0.05) is 23.6 Å². The van der Waals surface area contributed by atoms with Crippen LogP contribution in [0.25, 0.3) is 0 Å². The Bertz CT molecular complexity index is 608. The number of hydrogen-bond acceptors (Lipinski definition) is 4. The third-order valence-electron chi connectivity index (χ3n) is 3.87. The summed E-state index contributed by atoms with van der Waals surface area (Å²) in [7, 11) is 1.96. The van der Waals surface area contributed by atoms with E-state index in [1.165, 1.54) is 10.5 Å². The highest BCUT2D eigenvalue weighted by molar-refractivity contribution is 9.10. The van der Waals surface area contributed by atoms with Crippen molar-refractivity contribution in [3.8, 4) is 0 Å². The molecule has 0 spiro atoms. The first-order chi connectivity index (χ1) is 10.2. The number of hydrogen-bond donors (Lipinski definition) is 1. The van der Waals surface area contributed by atoms with Crippen LogP contribution in [-0.4, -0.2) is 27.3 Å². The van der Waals surface area contributed by atoms with Crippen LogP contribution in [0, 0.1) is 0 Å². The Balaban J connectivity index is 1.98. The van der Waals surface area contributed by atoms with Crippen molar-refractivity contribution in [2.24, 2.45) is 7.05 Å². The van der Waals surface area contributed by atoms with Crippen LogP contribution in [-0.2, 0) is 7.05 Å². The van der Waals surface area contributed by atoms with Gasteiger partial charge >= 0.3 is 0 Å². The maximum atomic E-state index is 4.16. The van der Waals surface area contributed by atoms with Crippen molar-refractivity contribution in [2.45, 2.75) is 30.2 Å². The standard InChI is InChI=1S/C15H19BrN4S/c1-3-8-17-13(14-15(16)18-19-20(14)2)11-9-21-12-7-5-4-6-10(11)12/h4-7,11,13,17H,3,8-9H2,1-2H3. The van der Waals surface area contributed by atoms with Crippen molar-refractivity contribution in [1.29, 1.82) is 0 Å². The van der Waals surface area contributed by atoms with Gasteiger partial charge in [-0.15, -0.1) is 16.9 Å². The molecule has 1 aromatic heterocycles. The quantitative estimate of drug-likeness (QED) is 0.878. The van der Waals surface area contributed by atoms with Crippen LogP contribution in [0.4, 0.5) is 0 Å². The van der Waals surface area contributed by atoms with E-state index in [9.17, 15) is 0 Å². The molecule has 1 aliphatic rings. The van der Waals surface area contributed by atoms with Crippen molar-refractivity contribution in [3.05, 3.63) is 40.1 Å². The topological polar surface area (TPSA) is 42.7 Å². The molecule has 1 N–H and O–H groups in total. The van der Waals surface area contributed by atoms with E-state index >= 15 is 0 Å². The fraction of sp³-hybridized carbons (Fsp3) is 0.467. The molecule has 0 radical (unpaired) electrons. The molecule has 0 saturated heterocycles. The van der Waals surface area contributed by atoms with Gasteiger partial charge in [-0.2, -0.15) is 0 Å². The highest BCUT2D eigenvalue weighted by Crippen LogP contribution is 2.46. The van der Waals surface area contributed by atoms with E-state index in [-0.39, 0.29) is 6.04 Å². The first-order valence-corrected chi connectivity index (χ1v) is 9.00. The molecule has 0 fully saturated rings. The molecule has 3 rings (SSSR count). The smallest absolute Gasteiger partial charge is 0.153 e. The van der Waals surface area contributed by atoms with Crippen molar-refractivity contribution in [2.75, 3.05) is 12.3 Å². The first kappa shape index (κ1) is 15.1. The summed E-state index contributed by atoms with van der Waals surface area (Å²) in [5, 5.41) is 12.0. The molecule has 0 amide bonds. The Kier molecular flexibility index (Phi) is 4.66. The summed E-state index contributed by atoms with van der Waals surface area (Å²) >= 11 is 5.50. The van der Waals surface area contributed by atoms with Gasteiger partial charge in [0.05, 0.1) is 11.7 Å². The van der Waals surface area contributed by atoms with Gasteiger partial charge in [0.2, 0.25) is 0 Å². The maximum Gasteiger partial charge on any atom is 0.153 e. The van der Waals surface area contributed by atoms with Crippen LogP contribution in [0.3, 0.4) is 0 Å². The Hall–Kier alpha value is -0.850. The molecule has 21 heavy (non-hydrogen) atoms. The summed E-state index contributed by atoms with van der Waals surface area (Å²) in [6, 6.07) is 8.94. The molecule has 1 aromatic carbocycles. The SMILES string of the molecule is CCCNC(c1c(Br)nnn1C)C1CSc2ccccc21. The predicted octanol–water partition coefficient (Wildman–Crippen LogP) is 3.51. The molecule has 0 bridgehead atoms. The molecule has 112 valence electrons. The lowest BCUT2D eigenvalue weighted by Crippen LogP contribution is -2.30. The van der Waals surface area contributed by atoms with Gasteiger partial charge in [-0.05, 0) is 40.5 Å². The largest absolute Gasteiger partial charge is 0.308 e. The van der Waals surface area contributed by atoms with Crippen LogP contribution in [0.5, 0.6) is 0 Å². The monoisotopic (exact) mass is 366 g/mol. The van der Waals surface area contributed by atoms with Gasteiger partial charge in [0.1, 0.15) is 0 Å². The van der Waals surface area contributed by atoms with Gasteiger partial charge in [0.25, 0.3) is 0 Å². The third kappa shape index (κ3) is 2.89. The van der Waals surface area contributed by atoms with E-state index in [0.29, 0.717) is 5.92 Å². The molecule has 2 atom stereocenters. The zero-order valence-corrected chi connectivity index (χ0v) is 14.6. The highest BCUT2D eigenvalue weighted by atomic mass is 79.9. The van der Waals surface area contributed by atoms with E-state index in [1.807, 2.05) is 23.5 Å². The fourth-order valence-corrected chi connectivity index (χ4v) is 4.73. The minimum atomic E-state index is 0.232. The summed E-state index contributed by atoms with van der Waals surface area (Å²) in [4.78, 5) is 1.40. The normalized spacial score (nSPS) is 18.7. The molecule has 1 aliphatic heterocycles. The van der Waals surface area contributed by atoms with Crippen molar-refractivity contribution in [3.63, 3.8) is 0 Å². The number of fused-ring (bicyclic) bond motifs is 1. The van der Waals surface area contributed by atoms with Crippen molar-refractivity contribution < 1.29 is 0 Å². The first-order valence-electron chi connectivity index (χ1n) is 7.22. The van der Waals surface area contributed by atoms with Gasteiger partial charge in [-0.3, -0.25) is 0 Å². The van der Waals surface area contributed by atoms with E-state index in [4.69, 9.17) is 0 Å². The van der Waals surface area contributed by atoms with E-state index < -0.39 is 0 Å². The minimum absolute atomic E-state index is 0.232. The number of rotatable bonds is 5. The van der Waals surface area contributed by atoms with E-state index in [2.05, 4.69) is 62.7 Å². The lowest BCUT2D eigenvalue weighted by Gasteiger charge is -2.25. The second-order valence-electron chi connectivity index (χ2n) is 5.28. The van der Waals surface area contributed by atoms with Gasteiger partial charge in [0.15, 0.2) is 4.60 Å². The van der Waals surface area contributed by atoms with E-state index in [1.54, 1.807) is 0 Å². The molecule has 0 saturated carbocycles. The second-order valence-corrected chi connectivity index (χ2v) is 7.09. The molecular weight excluding hydrogens is 348 g/mol. The highest BCUT2D eigenvalue weighted by Gasteiger charge is 2.34. The number of halogens is 1.